The summed E-state index contributed by atoms with van der Waals surface area (Å²) in [6, 6.07) is 13.0. The van der Waals surface area contributed by atoms with Gasteiger partial charge in [0.2, 0.25) is 16.0 Å². The molecule has 0 amide bonds. The molecule has 3 rings (SSSR count). The number of benzene rings is 2. The van der Waals surface area contributed by atoms with Crippen molar-refractivity contribution in [3.05, 3.63) is 64.9 Å². The smallest absolute Gasteiger partial charge is 0.236 e. The quantitative estimate of drug-likeness (QED) is 0.490. The maximum Gasteiger partial charge on any atom is 0.236 e. The number of nitriles is 1. The van der Waals surface area contributed by atoms with Gasteiger partial charge in [0.15, 0.2) is 5.75 Å². The number of nitrogens with one attached hydrogen (secondary N) is 1. The van der Waals surface area contributed by atoms with Crippen LogP contribution in [-0.2, 0) is 16.6 Å². The summed E-state index contributed by atoms with van der Waals surface area (Å²) in [4.78, 5) is 7.90. The number of ether oxygens (including phenoxy) is 2. The zero-order chi connectivity index (χ0) is 23.1. The summed E-state index contributed by atoms with van der Waals surface area (Å²) in [5, 5.41) is 9.85. The van der Waals surface area contributed by atoms with Gasteiger partial charge in [0.25, 0.3) is 0 Å². The van der Waals surface area contributed by atoms with Gasteiger partial charge in [0, 0.05) is 18.0 Å². The monoisotopic (exact) mass is 472 g/mol. The van der Waals surface area contributed by atoms with Gasteiger partial charge in [-0.3, -0.25) is 4.72 Å². The number of aromatic nitrogens is 2. The molecule has 0 saturated carbocycles. The van der Waals surface area contributed by atoms with E-state index in [0.717, 1.165) is 23.8 Å². The Hall–Kier alpha value is -3.35. The molecule has 3 aromatic rings. The lowest BCUT2D eigenvalue weighted by Crippen LogP contribution is -2.12. The SMILES string of the molecule is CCCOc1c(Cl)cc(-c2ccc(OCc3cnc(NS(C)(=O)=O)nc3)cc2)cc1C#N. The first-order chi connectivity index (χ1) is 15.3. The minimum Gasteiger partial charge on any atom is -0.491 e. The summed E-state index contributed by atoms with van der Waals surface area (Å²) in [6.45, 7) is 2.68. The van der Waals surface area contributed by atoms with Crippen LogP contribution in [0.5, 0.6) is 11.5 Å². The summed E-state index contributed by atoms with van der Waals surface area (Å²) in [5.41, 5.74) is 2.73. The molecule has 0 atom stereocenters. The molecule has 0 spiro atoms. The van der Waals surface area contributed by atoms with Crippen LogP contribution in [-0.4, -0.2) is 31.2 Å². The van der Waals surface area contributed by atoms with E-state index >= 15 is 0 Å². The molecule has 0 unspecified atom stereocenters. The minimum atomic E-state index is -3.43. The fourth-order valence-electron chi connectivity index (χ4n) is 2.75. The molecular formula is C22H21ClN4O4S. The fraction of sp³-hybridized carbons (Fsp3) is 0.227. The van der Waals surface area contributed by atoms with Crippen LogP contribution in [0.3, 0.4) is 0 Å². The van der Waals surface area contributed by atoms with E-state index in [1.54, 1.807) is 24.3 Å². The second-order valence-electron chi connectivity index (χ2n) is 6.90. The van der Waals surface area contributed by atoms with Gasteiger partial charge in [-0.05, 0) is 41.8 Å². The third kappa shape index (κ3) is 6.33. The van der Waals surface area contributed by atoms with Crippen LogP contribution in [0, 0.1) is 11.3 Å². The van der Waals surface area contributed by atoms with E-state index in [9.17, 15) is 13.7 Å². The molecule has 2 aromatic carbocycles. The van der Waals surface area contributed by atoms with Crippen molar-refractivity contribution in [3.63, 3.8) is 0 Å². The second kappa shape index (κ2) is 10.3. The van der Waals surface area contributed by atoms with E-state index in [1.165, 1.54) is 12.4 Å². The molecule has 1 N–H and O–H groups in total. The molecule has 0 aliphatic heterocycles. The molecule has 0 aliphatic carbocycles. The van der Waals surface area contributed by atoms with E-state index in [2.05, 4.69) is 20.8 Å². The molecular weight excluding hydrogens is 452 g/mol. The van der Waals surface area contributed by atoms with E-state index in [1.807, 2.05) is 19.1 Å². The summed E-state index contributed by atoms with van der Waals surface area (Å²) in [5.74, 6) is 1.03. The van der Waals surface area contributed by atoms with Gasteiger partial charge in [-0.1, -0.05) is 30.7 Å². The van der Waals surface area contributed by atoms with Gasteiger partial charge in [-0.25, -0.2) is 18.4 Å². The van der Waals surface area contributed by atoms with Crippen molar-refractivity contribution in [2.45, 2.75) is 20.0 Å². The highest BCUT2D eigenvalue weighted by atomic mass is 35.5. The van der Waals surface area contributed by atoms with Gasteiger partial charge < -0.3 is 9.47 Å². The van der Waals surface area contributed by atoms with Crippen LogP contribution >= 0.6 is 11.6 Å². The van der Waals surface area contributed by atoms with Crippen molar-refractivity contribution in [2.24, 2.45) is 0 Å². The number of hydrogen-bond acceptors (Lipinski definition) is 7. The number of nitrogens with zero attached hydrogens (tertiary/aromatic N) is 3. The topological polar surface area (TPSA) is 114 Å². The number of anilines is 1. The average molecular weight is 473 g/mol. The lowest BCUT2D eigenvalue weighted by atomic mass is 10.0. The first kappa shape index (κ1) is 23.3. The molecule has 8 nitrogen and oxygen atoms in total. The maximum atomic E-state index is 11.2. The third-order valence-corrected chi connectivity index (χ3v) is 5.02. The fourth-order valence-corrected chi connectivity index (χ4v) is 3.46. The van der Waals surface area contributed by atoms with Gasteiger partial charge in [-0.2, -0.15) is 5.26 Å². The van der Waals surface area contributed by atoms with Crippen LogP contribution in [0.1, 0.15) is 24.5 Å². The average Bonchev–Trinajstić information content (AvgIpc) is 2.76. The van der Waals surface area contributed by atoms with Crippen molar-refractivity contribution in [3.8, 4) is 28.7 Å². The molecule has 0 bridgehead atoms. The summed E-state index contributed by atoms with van der Waals surface area (Å²) < 4.78 is 35.9. The third-order valence-electron chi connectivity index (χ3n) is 4.19. The number of rotatable bonds is 9. The maximum absolute atomic E-state index is 11.2. The highest BCUT2D eigenvalue weighted by molar-refractivity contribution is 7.91. The molecule has 32 heavy (non-hydrogen) atoms. The number of hydrogen-bond donors (Lipinski definition) is 1. The van der Waals surface area contributed by atoms with Crippen LogP contribution in [0.15, 0.2) is 48.8 Å². The Morgan fingerprint density at radius 3 is 2.38 bits per heavy atom. The molecule has 0 radical (unpaired) electrons. The van der Waals surface area contributed by atoms with Gasteiger partial charge in [0.1, 0.15) is 18.4 Å². The van der Waals surface area contributed by atoms with Gasteiger partial charge in [-0.15, -0.1) is 0 Å². The minimum absolute atomic E-state index is 0.00196. The predicted octanol–water partition coefficient (Wildman–Crippen LogP) is 4.41. The lowest BCUT2D eigenvalue weighted by molar-refractivity contribution is 0.305. The summed E-state index contributed by atoms with van der Waals surface area (Å²) in [6.07, 6.45) is 4.82. The van der Waals surface area contributed by atoms with E-state index in [4.69, 9.17) is 21.1 Å². The number of halogens is 1. The Kier molecular flexibility index (Phi) is 7.51. The highest BCUT2D eigenvalue weighted by Crippen LogP contribution is 2.34. The van der Waals surface area contributed by atoms with Gasteiger partial charge >= 0.3 is 0 Å². The standard InChI is InChI=1S/C22H21ClN4O4S/c1-3-8-30-21-18(11-24)9-17(10-20(21)23)16-4-6-19(7-5-16)31-14-15-12-25-22(26-13-15)27-32(2,28)29/h4-7,9-10,12-13H,3,8,14H2,1-2H3,(H,25,26,27). The van der Waals surface area contributed by atoms with Crippen molar-refractivity contribution in [1.82, 2.24) is 9.97 Å². The molecule has 0 aliphatic rings. The van der Waals surface area contributed by atoms with E-state index < -0.39 is 10.0 Å². The van der Waals surface area contributed by atoms with Crippen molar-refractivity contribution in [2.75, 3.05) is 17.6 Å². The molecule has 1 aromatic heterocycles. The van der Waals surface area contributed by atoms with Crippen LogP contribution < -0.4 is 14.2 Å². The zero-order valence-corrected chi connectivity index (χ0v) is 19.1. The first-order valence-electron chi connectivity index (χ1n) is 9.67. The second-order valence-corrected chi connectivity index (χ2v) is 9.05. The predicted molar refractivity (Wildman–Crippen MR) is 122 cm³/mol. The Balaban J connectivity index is 1.68. The first-order valence-corrected chi connectivity index (χ1v) is 11.9. The molecule has 10 heteroatoms. The van der Waals surface area contributed by atoms with Crippen LogP contribution in [0.4, 0.5) is 5.95 Å². The van der Waals surface area contributed by atoms with Gasteiger partial charge in [0.05, 0.1) is 23.4 Å². The zero-order valence-electron chi connectivity index (χ0n) is 17.5. The van der Waals surface area contributed by atoms with Crippen molar-refractivity contribution in [1.29, 1.82) is 5.26 Å². The highest BCUT2D eigenvalue weighted by Gasteiger charge is 2.12. The van der Waals surface area contributed by atoms with Crippen molar-refractivity contribution < 1.29 is 17.9 Å². The van der Waals surface area contributed by atoms with Crippen molar-refractivity contribution >= 4 is 27.6 Å². The lowest BCUT2D eigenvalue weighted by Gasteiger charge is -2.12. The normalized spacial score (nSPS) is 10.9. The largest absolute Gasteiger partial charge is 0.491 e. The van der Waals surface area contributed by atoms with Crippen LogP contribution in [0.2, 0.25) is 5.02 Å². The molecule has 166 valence electrons. The Morgan fingerprint density at radius 2 is 1.78 bits per heavy atom. The molecule has 1 heterocycles. The number of sulfonamides is 1. The Morgan fingerprint density at radius 1 is 1.09 bits per heavy atom. The molecule has 0 fully saturated rings. The van der Waals surface area contributed by atoms with E-state index in [-0.39, 0.29) is 12.6 Å². The van der Waals surface area contributed by atoms with Crippen LogP contribution in [0.25, 0.3) is 11.1 Å². The molecule has 0 saturated heterocycles. The Labute approximate surface area is 191 Å². The summed E-state index contributed by atoms with van der Waals surface area (Å²) >= 11 is 6.34. The Bertz CT molecular complexity index is 1220. The van der Waals surface area contributed by atoms with E-state index in [0.29, 0.717) is 34.3 Å². The summed E-state index contributed by atoms with van der Waals surface area (Å²) in [7, 11) is -3.43.